The number of carbonyl (C=O) groups excluding carboxylic acids is 2. The summed E-state index contributed by atoms with van der Waals surface area (Å²) in [5, 5.41) is 6.25. The van der Waals surface area contributed by atoms with E-state index in [-0.39, 0.29) is 14.8 Å². The highest BCUT2D eigenvalue weighted by molar-refractivity contribution is 5.86. The predicted octanol–water partition coefficient (Wildman–Crippen LogP) is 2.31. The van der Waals surface area contributed by atoms with Gasteiger partial charge in [-0.1, -0.05) is 40.9 Å². The summed E-state index contributed by atoms with van der Waals surface area (Å²) in [7, 11) is 0. The smallest absolute Gasteiger partial charge is 0.333 e. The fourth-order valence-electron chi connectivity index (χ4n) is 1.17. The fourth-order valence-corrected chi connectivity index (χ4v) is 1.17. The molecule has 0 aromatic rings. The lowest BCUT2D eigenvalue weighted by Crippen LogP contribution is -2.27. The molecule has 0 aliphatic heterocycles. The summed E-state index contributed by atoms with van der Waals surface area (Å²) in [6.45, 7) is 18.7. The molecule has 0 rings (SSSR count). The molecule has 6 nitrogen and oxygen atoms in total. The van der Waals surface area contributed by atoms with E-state index in [0.29, 0.717) is 44.0 Å². The Kier molecular flexibility index (Phi) is 15.6. The number of ether oxygens (including phenoxy) is 2. The van der Waals surface area contributed by atoms with Crippen LogP contribution in [0, 0.1) is 0 Å². The monoisotopic (exact) mass is 332 g/mol. The molecule has 138 valence electrons. The quantitative estimate of drug-likeness (QED) is 0.363. The summed E-state index contributed by atoms with van der Waals surface area (Å²) in [5.74, 6) is -0.684. The molecule has 2 N–H and O–H groups in total. The van der Waals surface area contributed by atoms with Crippen LogP contribution < -0.4 is 10.6 Å². The molecule has 0 fully saturated rings. The van der Waals surface area contributed by atoms with Gasteiger partial charge in [0.1, 0.15) is 13.2 Å². The van der Waals surface area contributed by atoms with E-state index < -0.39 is 0 Å². The Balaban J connectivity index is -0.000000164. The summed E-state index contributed by atoms with van der Waals surface area (Å²) < 4.78 is 9.57. The first-order valence-corrected chi connectivity index (χ1v) is 7.79. The average Bonchev–Trinajstić information content (AvgIpc) is 2.47. The number of nitrogens with one attached hydrogen (secondary N) is 2. The lowest BCUT2D eigenvalue weighted by Gasteiger charge is -2.08. The molecular formula is C17H36N2O4. The molecule has 0 aromatic carbocycles. The Morgan fingerprint density at radius 2 is 1.48 bits per heavy atom. The molecule has 0 amide bonds. The van der Waals surface area contributed by atoms with E-state index in [1.165, 1.54) is 0 Å². The topological polar surface area (TPSA) is 76.7 Å². The summed E-state index contributed by atoms with van der Waals surface area (Å²) in [5.41, 5.74) is 0.444. The molecular weight excluding hydrogens is 296 g/mol. The summed E-state index contributed by atoms with van der Waals surface area (Å²) in [4.78, 5) is 21.3. The van der Waals surface area contributed by atoms with Gasteiger partial charge in [0.05, 0.1) is 0 Å². The number of rotatable bonds is 10. The first kappa shape index (κ1) is 23.6. The van der Waals surface area contributed by atoms with E-state index in [2.05, 4.69) is 23.8 Å². The van der Waals surface area contributed by atoms with Crippen molar-refractivity contribution in [2.45, 2.75) is 46.7 Å². The highest BCUT2D eigenvalue weighted by Gasteiger charge is 2.01. The van der Waals surface area contributed by atoms with Crippen molar-refractivity contribution in [1.82, 2.24) is 10.6 Å². The normalized spacial score (nSPS) is 9.87. The van der Waals surface area contributed by atoms with Gasteiger partial charge in [-0.05, 0) is 6.92 Å². The third-order valence-corrected chi connectivity index (χ3v) is 2.30. The third-order valence-electron chi connectivity index (χ3n) is 2.30. The average molecular weight is 332 g/mol. The standard InChI is InChI=1S/C9H17NO2.C8H15NO2.2H2/c1-7(2)9(11)12-6-5-10-8(3)4;1-4-8(10)11-6-5-9-7(2)3;;/h8,10H,1,5-6H2,2-4H3;4,7,9H,1,5-6H2,2-3H3;2*1H. The lowest BCUT2D eigenvalue weighted by atomic mass is 10.4. The zero-order valence-corrected chi connectivity index (χ0v) is 15.1. The first-order chi connectivity index (χ1) is 10.7. The van der Waals surface area contributed by atoms with Crippen molar-refractivity contribution in [2.75, 3.05) is 26.3 Å². The van der Waals surface area contributed by atoms with Crippen LogP contribution in [0.3, 0.4) is 0 Å². The van der Waals surface area contributed by atoms with Gasteiger partial charge in [0.15, 0.2) is 0 Å². The molecule has 0 radical (unpaired) electrons. The summed E-state index contributed by atoms with van der Waals surface area (Å²) in [6, 6.07) is 0.853. The molecule has 0 atom stereocenters. The van der Waals surface area contributed by atoms with Crippen molar-refractivity contribution in [3.8, 4) is 0 Å². The van der Waals surface area contributed by atoms with Gasteiger partial charge in [0.25, 0.3) is 0 Å². The molecule has 0 aliphatic carbocycles. The van der Waals surface area contributed by atoms with E-state index >= 15 is 0 Å². The van der Waals surface area contributed by atoms with Crippen LogP contribution in [0.1, 0.15) is 37.5 Å². The van der Waals surface area contributed by atoms with Crippen LogP contribution in [0.5, 0.6) is 0 Å². The number of esters is 2. The largest absolute Gasteiger partial charge is 0.461 e. The molecule has 0 aromatic heterocycles. The Morgan fingerprint density at radius 3 is 1.83 bits per heavy atom. The van der Waals surface area contributed by atoms with Gasteiger partial charge in [0.2, 0.25) is 0 Å². The Morgan fingerprint density at radius 1 is 1.04 bits per heavy atom. The molecule has 0 spiro atoms. The second-order valence-electron chi connectivity index (χ2n) is 5.51. The van der Waals surface area contributed by atoms with Crippen LogP contribution in [0.25, 0.3) is 0 Å². The first-order valence-electron chi connectivity index (χ1n) is 7.79. The fraction of sp³-hybridized carbons (Fsp3) is 0.647. The van der Waals surface area contributed by atoms with E-state index in [0.717, 1.165) is 6.08 Å². The van der Waals surface area contributed by atoms with Crippen molar-refractivity contribution in [3.05, 3.63) is 24.8 Å². The van der Waals surface area contributed by atoms with Crippen molar-refractivity contribution >= 4 is 11.9 Å². The third kappa shape index (κ3) is 20.3. The van der Waals surface area contributed by atoms with Gasteiger partial charge in [-0.3, -0.25) is 0 Å². The van der Waals surface area contributed by atoms with Crippen LogP contribution in [0.2, 0.25) is 0 Å². The van der Waals surface area contributed by atoms with Crippen molar-refractivity contribution < 1.29 is 21.9 Å². The lowest BCUT2D eigenvalue weighted by molar-refractivity contribution is -0.139. The SMILES string of the molecule is C=C(C)C(=O)OCCNC(C)C.C=CC(=O)OCCNC(C)C.[HH].[HH]. The highest BCUT2D eigenvalue weighted by atomic mass is 16.5. The van der Waals surface area contributed by atoms with Crippen LogP contribution >= 0.6 is 0 Å². The molecule has 0 bridgehead atoms. The maximum Gasteiger partial charge on any atom is 0.333 e. The van der Waals surface area contributed by atoms with Gasteiger partial charge in [-0.2, -0.15) is 0 Å². The van der Waals surface area contributed by atoms with Gasteiger partial charge in [-0.25, -0.2) is 9.59 Å². The maximum atomic E-state index is 10.8. The molecule has 0 heterocycles. The molecule has 0 aliphatic rings. The second-order valence-corrected chi connectivity index (χ2v) is 5.51. The maximum absolute atomic E-state index is 10.8. The van der Waals surface area contributed by atoms with Crippen LogP contribution in [-0.2, 0) is 19.1 Å². The van der Waals surface area contributed by atoms with E-state index in [9.17, 15) is 9.59 Å². The molecule has 6 heteroatoms. The Labute approximate surface area is 143 Å². The Hall–Kier alpha value is -1.66. The van der Waals surface area contributed by atoms with E-state index in [4.69, 9.17) is 9.47 Å². The molecule has 0 unspecified atom stereocenters. The van der Waals surface area contributed by atoms with Crippen molar-refractivity contribution in [1.29, 1.82) is 0 Å². The predicted molar refractivity (Wildman–Crippen MR) is 97.4 cm³/mol. The van der Waals surface area contributed by atoms with Crippen molar-refractivity contribution in [2.24, 2.45) is 0 Å². The van der Waals surface area contributed by atoms with Gasteiger partial charge < -0.3 is 20.1 Å². The molecule has 23 heavy (non-hydrogen) atoms. The minimum atomic E-state index is -0.365. The minimum Gasteiger partial charge on any atom is -0.461 e. The molecule has 0 saturated heterocycles. The summed E-state index contributed by atoms with van der Waals surface area (Å²) >= 11 is 0. The zero-order chi connectivity index (χ0) is 18.3. The molecule has 0 saturated carbocycles. The highest BCUT2D eigenvalue weighted by Crippen LogP contribution is 1.90. The number of hydrogen-bond acceptors (Lipinski definition) is 6. The van der Waals surface area contributed by atoms with Crippen LogP contribution in [0.15, 0.2) is 24.8 Å². The Bertz CT molecular complexity index is 376. The van der Waals surface area contributed by atoms with E-state index in [1.807, 2.05) is 27.7 Å². The van der Waals surface area contributed by atoms with Gasteiger partial charge in [-0.15, -0.1) is 0 Å². The second kappa shape index (κ2) is 15.2. The minimum absolute atomic E-state index is 0. The van der Waals surface area contributed by atoms with Crippen LogP contribution in [0.4, 0.5) is 0 Å². The van der Waals surface area contributed by atoms with Crippen LogP contribution in [-0.4, -0.2) is 50.3 Å². The van der Waals surface area contributed by atoms with Gasteiger partial charge in [0, 0.05) is 39.7 Å². The zero-order valence-electron chi connectivity index (χ0n) is 15.1. The van der Waals surface area contributed by atoms with Gasteiger partial charge >= 0.3 is 11.9 Å². The number of hydrogen-bond donors (Lipinski definition) is 2. The van der Waals surface area contributed by atoms with Crippen molar-refractivity contribution in [3.63, 3.8) is 0 Å². The number of carbonyl (C=O) groups is 2. The summed E-state index contributed by atoms with van der Waals surface area (Å²) in [6.07, 6.45) is 1.16. The van der Waals surface area contributed by atoms with E-state index in [1.54, 1.807) is 6.92 Å².